The van der Waals surface area contributed by atoms with Crippen molar-refractivity contribution in [1.82, 2.24) is 0 Å². The van der Waals surface area contributed by atoms with Gasteiger partial charge in [0.15, 0.2) is 0 Å². The number of hydrogen-bond donors (Lipinski definition) is 0. The zero-order valence-corrected chi connectivity index (χ0v) is 3.55. The van der Waals surface area contributed by atoms with Crippen molar-refractivity contribution >= 4 is 5.97 Å². The third kappa shape index (κ3) is 4.70. The van der Waals surface area contributed by atoms with E-state index in [-0.39, 0.29) is 7.43 Å². The molecule has 0 aliphatic rings. The topological polar surface area (TPSA) is 50.1 Å². The number of esters is 1. The number of nitrogens with zero attached hydrogens (tertiary/aromatic N) is 1. The predicted octanol–water partition coefficient (Wildman–Crippen LogP) is 0.833. The molecule has 0 saturated heterocycles. The van der Waals surface area contributed by atoms with Crippen molar-refractivity contribution in [2.24, 2.45) is 0 Å². The standard InChI is InChI=1S/C4H3NO2.CH4/c1-2-4(6)7-3-5;/h2H,1H2;1H4. The van der Waals surface area contributed by atoms with E-state index in [4.69, 9.17) is 5.26 Å². The Morgan fingerprint density at radius 1 is 1.88 bits per heavy atom. The van der Waals surface area contributed by atoms with Gasteiger partial charge in [0, 0.05) is 6.08 Å². The zero-order chi connectivity index (χ0) is 5.70. The normalized spacial score (nSPS) is 5.38. The first-order valence-corrected chi connectivity index (χ1v) is 1.53. The summed E-state index contributed by atoms with van der Waals surface area (Å²) in [6.07, 6.45) is 2.12. The highest BCUT2D eigenvalue weighted by atomic mass is 16.5. The van der Waals surface area contributed by atoms with E-state index in [9.17, 15) is 4.79 Å². The lowest BCUT2D eigenvalue weighted by atomic mass is 10.7. The molecule has 0 unspecified atom stereocenters. The second-order valence-corrected chi connectivity index (χ2v) is 0.717. The number of nitriles is 1. The summed E-state index contributed by atoms with van der Waals surface area (Å²) in [7, 11) is 0. The summed E-state index contributed by atoms with van der Waals surface area (Å²) >= 11 is 0. The van der Waals surface area contributed by atoms with Crippen LogP contribution >= 0.6 is 0 Å². The van der Waals surface area contributed by atoms with E-state index >= 15 is 0 Å². The van der Waals surface area contributed by atoms with Crippen LogP contribution in [0.2, 0.25) is 0 Å². The highest BCUT2D eigenvalue weighted by molar-refractivity contribution is 5.81. The molecule has 8 heavy (non-hydrogen) atoms. The molecule has 0 aromatic carbocycles. The summed E-state index contributed by atoms with van der Waals surface area (Å²) in [6.45, 7) is 3.05. The molecule has 0 aliphatic heterocycles. The molecule has 0 spiro atoms. The van der Waals surface area contributed by atoms with E-state index in [1.165, 1.54) is 6.26 Å². The molecule has 0 aliphatic carbocycles. The van der Waals surface area contributed by atoms with E-state index in [1.807, 2.05) is 0 Å². The fraction of sp³-hybridized carbons (Fsp3) is 0.200. The highest BCUT2D eigenvalue weighted by Crippen LogP contribution is 1.71. The van der Waals surface area contributed by atoms with Gasteiger partial charge in [-0.15, -0.1) is 5.26 Å². The van der Waals surface area contributed by atoms with Gasteiger partial charge in [-0.3, -0.25) is 0 Å². The quantitative estimate of drug-likeness (QED) is 0.287. The van der Waals surface area contributed by atoms with Crippen molar-refractivity contribution in [3.05, 3.63) is 12.7 Å². The Labute approximate surface area is 48.2 Å². The van der Waals surface area contributed by atoms with Crippen molar-refractivity contribution < 1.29 is 9.53 Å². The number of hydrogen-bond acceptors (Lipinski definition) is 3. The minimum atomic E-state index is -0.720. The Bertz CT molecular complexity index is 123. The Hall–Kier alpha value is -1.30. The number of carbonyl (C=O) groups is 1. The molecule has 0 rings (SSSR count). The third-order valence-electron chi connectivity index (χ3n) is 0.313. The van der Waals surface area contributed by atoms with Crippen molar-refractivity contribution in [1.29, 1.82) is 5.26 Å². The van der Waals surface area contributed by atoms with Gasteiger partial charge in [0.1, 0.15) is 0 Å². The summed E-state index contributed by atoms with van der Waals surface area (Å²) in [5.74, 6) is -0.720. The maximum Gasteiger partial charge on any atom is 0.345 e. The van der Waals surface area contributed by atoms with Crippen LogP contribution in [-0.4, -0.2) is 5.97 Å². The lowest BCUT2D eigenvalue weighted by Crippen LogP contribution is -1.91. The predicted molar refractivity (Wildman–Crippen MR) is 28.6 cm³/mol. The van der Waals surface area contributed by atoms with E-state index in [1.54, 1.807) is 0 Å². The molecule has 0 aromatic heterocycles. The summed E-state index contributed by atoms with van der Waals surface area (Å²) in [4.78, 5) is 9.85. The molecule has 0 aromatic rings. The molecular formula is C5H7NO2. The van der Waals surface area contributed by atoms with E-state index in [0.29, 0.717) is 0 Å². The number of ether oxygens (including phenoxy) is 1. The molecule has 0 heterocycles. The first-order valence-electron chi connectivity index (χ1n) is 1.53. The van der Waals surface area contributed by atoms with E-state index in [0.717, 1.165) is 6.08 Å². The molecule has 0 atom stereocenters. The van der Waals surface area contributed by atoms with Gasteiger partial charge < -0.3 is 4.74 Å². The molecular weight excluding hydrogens is 106 g/mol. The Balaban J connectivity index is 0. The van der Waals surface area contributed by atoms with Crippen molar-refractivity contribution in [2.75, 3.05) is 0 Å². The van der Waals surface area contributed by atoms with Crippen molar-refractivity contribution in [3.8, 4) is 6.26 Å². The van der Waals surface area contributed by atoms with Gasteiger partial charge in [0.2, 0.25) is 0 Å². The van der Waals surface area contributed by atoms with Gasteiger partial charge >= 0.3 is 5.97 Å². The Morgan fingerprint density at radius 3 is 2.50 bits per heavy atom. The molecule has 0 radical (unpaired) electrons. The summed E-state index contributed by atoms with van der Waals surface area (Å²) in [6, 6.07) is 0. The molecule has 0 N–H and O–H groups in total. The first-order chi connectivity index (χ1) is 3.31. The maximum atomic E-state index is 9.85. The highest BCUT2D eigenvalue weighted by Gasteiger charge is 1.87. The minimum Gasteiger partial charge on any atom is -0.347 e. The summed E-state index contributed by atoms with van der Waals surface area (Å²) < 4.78 is 3.74. The summed E-state index contributed by atoms with van der Waals surface area (Å²) in [5.41, 5.74) is 0. The number of rotatable bonds is 1. The zero-order valence-electron chi connectivity index (χ0n) is 3.55. The van der Waals surface area contributed by atoms with Crippen LogP contribution in [0.5, 0.6) is 0 Å². The monoisotopic (exact) mass is 113 g/mol. The fourth-order valence-corrected chi connectivity index (χ4v) is 0.0867. The Morgan fingerprint density at radius 2 is 2.38 bits per heavy atom. The fourth-order valence-electron chi connectivity index (χ4n) is 0.0867. The molecule has 0 amide bonds. The van der Waals surface area contributed by atoms with Crippen LogP contribution in [-0.2, 0) is 9.53 Å². The van der Waals surface area contributed by atoms with E-state index < -0.39 is 5.97 Å². The van der Waals surface area contributed by atoms with Crippen molar-refractivity contribution in [2.45, 2.75) is 7.43 Å². The molecule has 3 heteroatoms. The van der Waals surface area contributed by atoms with Crippen LogP contribution in [0.4, 0.5) is 0 Å². The van der Waals surface area contributed by atoms with Gasteiger partial charge in [-0.1, -0.05) is 14.0 Å². The van der Waals surface area contributed by atoms with Crippen molar-refractivity contribution in [3.63, 3.8) is 0 Å². The average Bonchev–Trinajstić information content (AvgIpc) is 1.68. The molecule has 44 valence electrons. The summed E-state index contributed by atoms with van der Waals surface area (Å²) in [5, 5.41) is 7.63. The minimum absolute atomic E-state index is 0. The van der Waals surface area contributed by atoms with Crippen LogP contribution < -0.4 is 0 Å². The molecule has 3 nitrogen and oxygen atoms in total. The average molecular weight is 113 g/mol. The second kappa shape index (κ2) is 5.70. The van der Waals surface area contributed by atoms with Gasteiger partial charge in [-0.2, -0.15) is 0 Å². The molecule has 0 saturated carbocycles. The van der Waals surface area contributed by atoms with Crippen LogP contribution in [0.1, 0.15) is 7.43 Å². The number of carbonyl (C=O) groups excluding carboxylic acids is 1. The van der Waals surface area contributed by atoms with Gasteiger partial charge in [0.05, 0.1) is 0 Å². The first kappa shape index (κ1) is 9.85. The van der Waals surface area contributed by atoms with Gasteiger partial charge in [0.25, 0.3) is 6.26 Å². The molecule has 0 fully saturated rings. The van der Waals surface area contributed by atoms with Gasteiger partial charge in [-0.05, 0) is 0 Å². The van der Waals surface area contributed by atoms with Crippen LogP contribution in [0.15, 0.2) is 12.7 Å². The smallest absolute Gasteiger partial charge is 0.345 e. The van der Waals surface area contributed by atoms with Crippen LogP contribution in [0.25, 0.3) is 0 Å². The van der Waals surface area contributed by atoms with Crippen LogP contribution in [0, 0.1) is 11.5 Å². The third-order valence-corrected chi connectivity index (χ3v) is 0.313. The molecule has 0 bridgehead atoms. The van der Waals surface area contributed by atoms with E-state index in [2.05, 4.69) is 11.3 Å². The van der Waals surface area contributed by atoms with Crippen LogP contribution in [0.3, 0.4) is 0 Å². The largest absolute Gasteiger partial charge is 0.347 e. The SMILES string of the molecule is C.C=CC(=O)OC#N. The maximum absolute atomic E-state index is 9.85. The Kier molecular flexibility index (Phi) is 7.02. The second-order valence-electron chi connectivity index (χ2n) is 0.717. The lowest BCUT2D eigenvalue weighted by Gasteiger charge is -1.77. The lowest BCUT2D eigenvalue weighted by molar-refractivity contribution is -0.131. The van der Waals surface area contributed by atoms with Gasteiger partial charge in [-0.25, -0.2) is 4.79 Å².